The topological polar surface area (TPSA) is 62.7 Å². The molecule has 1 unspecified atom stereocenters. The van der Waals surface area contributed by atoms with Gasteiger partial charge in [0.2, 0.25) is 0 Å². The fourth-order valence-corrected chi connectivity index (χ4v) is 4.61. The first kappa shape index (κ1) is 20.3. The van der Waals surface area contributed by atoms with Gasteiger partial charge in [0.1, 0.15) is 11.0 Å². The normalized spacial score (nSPS) is 26.0. The predicted octanol–water partition coefficient (Wildman–Crippen LogP) is 2.54. The van der Waals surface area contributed by atoms with Crippen LogP contribution in [0.5, 0.6) is 0 Å². The van der Waals surface area contributed by atoms with Gasteiger partial charge in [-0.15, -0.1) is 0 Å². The van der Waals surface area contributed by atoms with E-state index in [1.807, 2.05) is 39.8 Å². The third-order valence-electron chi connectivity index (χ3n) is 6.21. The second-order valence-electron chi connectivity index (χ2n) is 9.65. The SMILES string of the molecule is CC(C)C1OB(c2ccc(B3OC(C)(C)C(C)(C)O3)c3nsnc23)OC1(C)C. The standard InChI is InChI=1S/C19H28B2N2O4S/c1-11(2)16-17(3,4)25-20(24-16)12-9-10-13(15-14(12)22-28-23-15)21-26-18(5,6)19(7,8)27-21/h9-11,16H,1-8H3. The van der Waals surface area contributed by atoms with Crippen LogP contribution in [0.4, 0.5) is 0 Å². The Morgan fingerprint density at radius 3 is 1.82 bits per heavy atom. The minimum atomic E-state index is -0.476. The number of rotatable bonds is 3. The van der Waals surface area contributed by atoms with Gasteiger partial charge in [0, 0.05) is 10.9 Å². The number of benzene rings is 1. The number of hydrogen-bond acceptors (Lipinski definition) is 7. The van der Waals surface area contributed by atoms with Gasteiger partial charge in [-0.05, 0) is 47.5 Å². The van der Waals surface area contributed by atoms with Crippen molar-refractivity contribution >= 4 is 47.9 Å². The first-order valence-electron chi connectivity index (χ1n) is 9.87. The molecule has 0 N–H and O–H groups in total. The Labute approximate surface area is 171 Å². The van der Waals surface area contributed by atoms with Gasteiger partial charge in [-0.3, -0.25) is 0 Å². The van der Waals surface area contributed by atoms with E-state index in [-0.39, 0.29) is 11.7 Å². The summed E-state index contributed by atoms with van der Waals surface area (Å²) in [5.41, 5.74) is 2.21. The number of hydrogen-bond donors (Lipinski definition) is 0. The molecule has 4 rings (SSSR count). The lowest BCUT2D eigenvalue weighted by Crippen LogP contribution is -2.41. The van der Waals surface area contributed by atoms with E-state index in [4.69, 9.17) is 18.6 Å². The van der Waals surface area contributed by atoms with Crippen LogP contribution in [-0.2, 0) is 18.6 Å². The summed E-state index contributed by atoms with van der Waals surface area (Å²) in [6, 6.07) is 4.01. The third-order valence-corrected chi connectivity index (χ3v) is 6.74. The maximum Gasteiger partial charge on any atom is 0.497 e. The van der Waals surface area contributed by atoms with E-state index in [0.29, 0.717) is 5.92 Å². The van der Waals surface area contributed by atoms with Crippen molar-refractivity contribution in [3.05, 3.63) is 12.1 Å². The third kappa shape index (κ3) is 3.12. The van der Waals surface area contributed by atoms with Gasteiger partial charge in [-0.1, -0.05) is 26.0 Å². The molecule has 0 saturated carbocycles. The molecular weight excluding hydrogens is 374 g/mol. The molecule has 2 aliphatic heterocycles. The van der Waals surface area contributed by atoms with Crippen molar-refractivity contribution in [2.24, 2.45) is 5.92 Å². The molecule has 28 heavy (non-hydrogen) atoms. The summed E-state index contributed by atoms with van der Waals surface area (Å²) in [5.74, 6) is 0.355. The summed E-state index contributed by atoms with van der Waals surface area (Å²) in [6.45, 7) is 16.6. The highest BCUT2D eigenvalue weighted by molar-refractivity contribution is 7.00. The molecule has 0 bridgehead atoms. The van der Waals surface area contributed by atoms with Crippen LogP contribution in [0.1, 0.15) is 55.4 Å². The Morgan fingerprint density at radius 2 is 1.36 bits per heavy atom. The Morgan fingerprint density at radius 1 is 0.857 bits per heavy atom. The van der Waals surface area contributed by atoms with E-state index >= 15 is 0 Å². The van der Waals surface area contributed by atoms with Crippen LogP contribution in [0.3, 0.4) is 0 Å². The molecule has 1 aromatic heterocycles. The lowest BCUT2D eigenvalue weighted by atomic mass is 9.72. The van der Waals surface area contributed by atoms with Gasteiger partial charge in [0.05, 0.1) is 34.6 Å². The van der Waals surface area contributed by atoms with E-state index < -0.39 is 25.4 Å². The molecule has 9 heteroatoms. The summed E-state index contributed by atoms with van der Waals surface area (Å²) in [6.07, 6.45) is 0.0157. The lowest BCUT2D eigenvalue weighted by Gasteiger charge is -2.32. The van der Waals surface area contributed by atoms with Crippen LogP contribution in [0.15, 0.2) is 12.1 Å². The van der Waals surface area contributed by atoms with Crippen molar-refractivity contribution in [2.45, 2.75) is 78.3 Å². The molecule has 0 spiro atoms. The largest absolute Gasteiger partial charge is 0.497 e. The smallest absolute Gasteiger partial charge is 0.401 e. The second-order valence-corrected chi connectivity index (χ2v) is 10.2. The molecule has 0 amide bonds. The molecule has 3 heterocycles. The van der Waals surface area contributed by atoms with Crippen LogP contribution in [-0.4, -0.2) is 45.9 Å². The van der Waals surface area contributed by atoms with Crippen LogP contribution >= 0.6 is 11.7 Å². The predicted molar refractivity (Wildman–Crippen MR) is 113 cm³/mol. The number of aromatic nitrogens is 2. The highest BCUT2D eigenvalue weighted by Gasteiger charge is 2.53. The minimum absolute atomic E-state index is 0.0157. The summed E-state index contributed by atoms with van der Waals surface area (Å²) in [4.78, 5) is 0. The van der Waals surface area contributed by atoms with Gasteiger partial charge in [-0.25, -0.2) is 0 Å². The molecule has 2 saturated heterocycles. The molecule has 2 aliphatic rings. The zero-order valence-electron chi connectivity index (χ0n) is 17.9. The Kier molecular flexibility index (Phi) is 4.71. The van der Waals surface area contributed by atoms with Gasteiger partial charge in [-0.2, -0.15) is 8.75 Å². The second kappa shape index (κ2) is 6.51. The molecule has 2 aromatic rings. The zero-order chi connectivity index (χ0) is 20.5. The fraction of sp³-hybridized carbons (Fsp3) is 0.684. The monoisotopic (exact) mass is 402 g/mol. The average Bonchev–Trinajstić information content (AvgIpc) is 3.21. The zero-order valence-corrected chi connectivity index (χ0v) is 18.7. The van der Waals surface area contributed by atoms with Crippen molar-refractivity contribution in [3.63, 3.8) is 0 Å². The molecular formula is C19H28B2N2O4S. The van der Waals surface area contributed by atoms with Crippen LogP contribution in [0, 0.1) is 5.92 Å². The summed E-state index contributed by atoms with van der Waals surface area (Å²) >= 11 is 1.18. The van der Waals surface area contributed by atoms with Crippen molar-refractivity contribution in [2.75, 3.05) is 0 Å². The van der Waals surface area contributed by atoms with E-state index in [2.05, 4.69) is 36.4 Å². The van der Waals surface area contributed by atoms with Crippen LogP contribution in [0.2, 0.25) is 0 Å². The quantitative estimate of drug-likeness (QED) is 0.736. The highest BCUT2D eigenvalue weighted by Crippen LogP contribution is 2.37. The molecule has 150 valence electrons. The Hall–Kier alpha value is -0.990. The van der Waals surface area contributed by atoms with Crippen molar-refractivity contribution in [1.82, 2.24) is 8.75 Å². The molecule has 1 aromatic carbocycles. The fourth-order valence-electron chi connectivity index (χ4n) is 4.02. The Bertz CT molecular complexity index is 883. The summed E-state index contributed by atoms with van der Waals surface area (Å²) in [7, 11) is -0.933. The van der Waals surface area contributed by atoms with Crippen molar-refractivity contribution < 1.29 is 18.6 Å². The highest BCUT2D eigenvalue weighted by atomic mass is 32.1. The number of nitrogens with zero attached hydrogens (tertiary/aromatic N) is 2. The van der Waals surface area contributed by atoms with Crippen LogP contribution in [0.25, 0.3) is 11.0 Å². The molecule has 0 radical (unpaired) electrons. The van der Waals surface area contributed by atoms with Crippen LogP contribution < -0.4 is 10.9 Å². The first-order chi connectivity index (χ1) is 12.9. The van der Waals surface area contributed by atoms with E-state index in [1.165, 1.54) is 11.7 Å². The molecule has 0 aliphatic carbocycles. The molecule has 6 nitrogen and oxygen atoms in total. The Balaban J connectivity index is 1.70. The van der Waals surface area contributed by atoms with Gasteiger partial charge >= 0.3 is 14.2 Å². The molecule has 1 atom stereocenters. The van der Waals surface area contributed by atoms with Gasteiger partial charge in [0.15, 0.2) is 0 Å². The minimum Gasteiger partial charge on any atom is -0.401 e. The van der Waals surface area contributed by atoms with E-state index in [0.717, 1.165) is 22.0 Å². The average molecular weight is 402 g/mol. The van der Waals surface area contributed by atoms with Crippen molar-refractivity contribution in [3.8, 4) is 0 Å². The maximum atomic E-state index is 6.29. The van der Waals surface area contributed by atoms with E-state index in [1.54, 1.807) is 0 Å². The van der Waals surface area contributed by atoms with Gasteiger partial charge in [0.25, 0.3) is 0 Å². The van der Waals surface area contributed by atoms with Gasteiger partial charge < -0.3 is 18.6 Å². The molecule has 2 fully saturated rings. The number of fused-ring (bicyclic) bond motifs is 1. The maximum absolute atomic E-state index is 6.29. The van der Waals surface area contributed by atoms with Crippen molar-refractivity contribution in [1.29, 1.82) is 0 Å². The lowest BCUT2D eigenvalue weighted by molar-refractivity contribution is 0.00578. The summed E-state index contributed by atoms with van der Waals surface area (Å²) in [5, 5.41) is 0. The summed E-state index contributed by atoms with van der Waals surface area (Å²) < 4.78 is 34.1. The van der Waals surface area contributed by atoms with E-state index in [9.17, 15) is 0 Å². The first-order valence-corrected chi connectivity index (χ1v) is 10.6.